The summed E-state index contributed by atoms with van der Waals surface area (Å²) in [5, 5.41) is 4.03. The minimum Gasteiger partial charge on any atom is -0.483 e. The maximum atomic E-state index is 13.3. The van der Waals surface area contributed by atoms with Crippen molar-refractivity contribution >= 4 is 35.0 Å². The van der Waals surface area contributed by atoms with Crippen molar-refractivity contribution in [3.8, 4) is 5.75 Å². The van der Waals surface area contributed by atoms with E-state index >= 15 is 0 Å². The van der Waals surface area contributed by atoms with Crippen LogP contribution in [0.25, 0.3) is 0 Å². The quantitative estimate of drug-likeness (QED) is 0.504. The van der Waals surface area contributed by atoms with Crippen molar-refractivity contribution in [2.75, 3.05) is 6.61 Å². The van der Waals surface area contributed by atoms with Crippen molar-refractivity contribution in [2.24, 2.45) is 0 Å². The number of carbonyl (C=O) groups excluding carboxylic acids is 2. The standard InChI is InChI=1S/C26H32Cl2N2O3/c1-17-12-13-18(2)24(14-17)33-16-25(31)30(15-21-22(27)10-7-11-23(21)28)19(3)26(32)29-20-8-5-4-6-9-20/h7,10-14,19-20H,4-6,8-9,15-16H2,1-3H3,(H,29,32)/t19-/m1/s1. The molecule has 1 fully saturated rings. The smallest absolute Gasteiger partial charge is 0.261 e. The van der Waals surface area contributed by atoms with Gasteiger partial charge < -0.3 is 15.0 Å². The summed E-state index contributed by atoms with van der Waals surface area (Å²) in [4.78, 5) is 27.9. The highest BCUT2D eigenvalue weighted by Gasteiger charge is 2.29. The Morgan fingerprint density at radius 1 is 1.09 bits per heavy atom. The zero-order chi connectivity index (χ0) is 24.0. The molecule has 0 unspecified atom stereocenters. The molecule has 5 nitrogen and oxygen atoms in total. The SMILES string of the molecule is Cc1ccc(C)c(OCC(=O)N(Cc2c(Cl)cccc2Cl)[C@H](C)C(=O)NC2CCCCC2)c1. The molecule has 2 aromatic rings. The van der Waals surface area contributed by atoms with Gasteiger partial charge in [-0.2, -0.15) is 0 Å². The Morgan fingerprint density at radius 3 is 2.42 bits per heavy atom. The highest BCUT2D eigenvalue weighted by molar-refractivity contribution is 6.36. The maximum absolute atomic E-state index is 13.3. The van der Waals surface area contributed by atoms with Gasteiger partial charge in [-0.15, -0.1) is 0 Å². The fourth-order valence-corrected chi connectivity index (χ4v) is 4.61. The van der Waals surface area contributed by atoms with E-state index < -0.39 is 6.04 Å². The summed E-state index contributed by atoms with van der Waals surface area (Å²) in [6.45, 7) is 5.57. The van der Waals surface area contributed by atoms with Crippen molar-refractivity contribution < 1.29 is 14.3 Å². The molecule has 0 saturated heterocycles. The molecular weight excluding hydrogens is 459 g/mol. The second-order valence-electron chi connectivity index (χ2n) is 8.80. The number of aryl methyl sites for hydroxylation is 2. The molecule has 178 valence electrons. The molecule has 1 saturated carbocycles. The Balaban J connectivity index is 1.78. The fourth-order valence-electron chi connectivity index (χ4n) is 4.09. The monoisotopic (exact) mass is 490 g/mol. The lowest BCUT2D eigenvalue weighted by Gasteiger charge is -2.31. The summed E-state index contributed by atoms with van der Waals surface area (Å²) in [6, 6.07) is 10.5. The van der Waals surface area contributed by atoms with Crippen LogP contribution in [0.15, 0.2) is 36.4 Å². The number of benzene rings is 2. The van der Waals surface area contributed by atoms with Crippen molar-refractivity contribution in [2.45, 2.75) is 71.5 Å². The molecule has 7 heteroatoms. The molecule has 1 N–H and O–H groups in total. The third kappa shape index (κ3) is 6.87. The van der Waals surface area contributed by atoms with Gasteiger partial charge in [0.05, 0.1) is 0 Å². The number of rotatable bonds is 8. The summed E-state index contributed by atoms with van der Waals surface area (Å²) < 4.78 is 5.85. The number of carbonyl (C=O) groups is 2. The van der Waals surface area contributed by atoms with Gasteiger partial charge in [-0.1, -0.05) is 60.7 Å². The van der Waals surface area contributed by atoms with Crippen molar-refractivity contribution in [1.82, 2.24) is 10.2 Å². The molecule has 33 heavy (non-hydrogen) atoms. The van der Waals surface area contributed by atoms with Crippen LogP contribution in [0.3, 0.4) is 0 Å². The van der Waals surface area contributed by atoms with Gasteiger partial charge in [-0.05, 0) is 62.9 Å². The third-order valence-corrected chi connectivity index (χ3v) is 6.91. The normalized spacial score (nSPS) is 15.1. The van der Waals surface area contributed by atoms with Crippen LogP contribution >= 0.6 is 23.2 Å². The molecule has 2 aromatic carbocycles. The fraction of sp³-hybridized carbons (Fsp3) is 0.462. The number of nitrogens with zero attached hydrogens (tertiary/aromatic N) is 1. The first kappa shape index (κ1) is 25.4. The summed E-state index contributed by atoms with van der Waals surface area (Å²) in [7, 11) is 0. The van der Waals surface area contributed by atoms with Gasteiger partial charge in [0.25, 0.3) is 5.91 Å². The first-order valence-electron chi connectivity index (χ1n) is 11.5. The molecule has 1 aliphatic carbocycles. The van der Waals surface area contributed by atoms with Crippen LogP contribution in [0, 0.1) is 13.8 Å². The Kier molecular flexibility index (Phi) is 9.04. The van der Waals surface area contributed by atoms with Crippen LogP contribution < -0.4 is 10.1 Å². The van der Waals surface area contributed by atoms with Crippen LogP contribution in [0.4, 0.5) is 0 Å². The topological polar surface area (TPSA) is 58.6 Å². The summed E-state index contributed by atoms with van der Waals surface area (Å²) in [5.74, 6) is 0.168. The minimum absolute atomic E-state index is 0.118. The van der Waals surface area contributed by atoms with E-state index in [4.69, 9.17) is 27.9 Å². The predicted molar refractivity (Wildman–Crippen MR) is 133 cm³/mol. The van der Waals surface area contributed by atoms with Crippen LogP contribution in [0.5, 0.6) is 5.75 Å². The molecule has 0 bridgehead atoms. The van der Waals surface area contributed by atoms with E-state index in [0.29, 0.717) is 21.4 Å². The molecule has 0 spiro atoms. The number of halogens is 2. The first-order chi connectivity index (χ1) is 15.8. The molecule has 2 amide bonds. The van der Waals surface area contributed by atoms with Crippen molar-refractivity contribution in [1.29, 1.82) is 0 Å². The minimum atomic E-state index is -0.700. The largest absolute Gasteiger partial charge is 0.483 e. The molecule has 0 aromatic heterocycles. The molecular formula is C26H32Cl2N2O3. The Bertz CT molecular complexity index is 969. The van der Waals surface area contributed by atoms with Crippen molar-refractivity contribution in [3.63, 3.8) is 0 Å². The van der Waals surface area contributed by atoms with Crippen LogP contribution in [0.1, 0.15) is 55.7 Å². The van der Waals surface area contributed by atoms with Gasteiger partial charge >= 0.3 is 0 Å². The second-order valence-corrected chi connectivity index (χ2v) is 9.61. The molecule has 0 aliphatic heterocycles. The van der Waals surface area contributed by atoms with E-state index in [-0.39, 0.29) is 31.0 Å². The van der Waals surface area contributed by atoms with E-state index in [1.807, 2.05) is 32.0 Å². The first-order valence-corrected chi connectivity index (χ1v) is 12.2. The van der Waals surface area contributed by atoms with E-state index in [1.165, 1.54) is 11.3 Å². The highest BCUT2D eigenvalue weighted by Crippen LogP contribution is 2.27. The van der Waals surface area contributed by atoms with Gasteiger partial charge in [-0.25, -0.2) is 0 Å². The molecule has 0 heterocycles. The van der Waals surface area contributed by atoms with Gasteiger partial charge in [-0.3, -0.25) is 9.59 Å². The zero-order valence-corrected chi connectivity index (χ0v) is 21.0. The number of hydrogen-bond donors (Lipinski definition) is 1. The number of hydrogen-bond acceptors (Lipinski definition) is 3. The maximum Gasteiger partial charge on any atom is 0.261 e. The Morgan fingerprint density at radius 2 is 1.76 bits per heavy atom. The highest BCUT2D eigenvalue weighted by atomic mass is 35.5. The lowest BCUT2D eigenvalue weighted by atomic mass is 9.95. The summed E-state index contributed by atoms with van der Waals surface area (Å²) in [6.07, 6.45) is 5.37. The van der Waals surface area contributed by atoms with E-state index in [2.05, 4.69) is 5.32 Å². The van der Waals surface area contributed by atoms with E-state index in [9.17, 15) is 9.59 Å². The average molecular weight is 491 g/mol. The van der Waals surface area contributed by atoms with Crippen LogP contribution in [-0.4, -0.2) is 35.4 Å². The van der Waals surface area contributed by atoms with E-state index in [1.54, 1.807) is 25.1 Å². The van der Waals surface area contributed by atoms with Gasteiger partial charge in [0.1, 0.15) is 11.8 Å². The number of nitrogens with one attached hydrogen (secondary N) is 1. The molecule has 0 radical (unpaired) electrons. The average Bonchev–Trinajstić information content (AvgIpc) is 2.79. The van der Waals surface area contributed by atoms with Crippen LogP contribution in [0.2, 0.25) is 10.0 Å². The lowest BCUT2D eigenvalue weighted by molar-refractivity contribution is -0.142. The summed E-state index contributed by atoms with van der Waals surface area (Å²) in [5.41, 5.74) is 2.60. The van der Waals surface area contributed by atoms with Gasteiger partial charge in [0.15, 0.2) is 6.61 Å². The zero-order valence-electron chi connectivity index (χ0n) is 19.5. The second kappa shape index (κ2) is 11.8. The lowest BCUT2D eigenvalue weighted by Crippen LogP contribution is -2.51. The molecule has 3 rings (SSSR count). The van der Waals surface area contributed by atoms with Crippen molar-refractivity contribution in [3.05, 3.63) is 63.1 Å². The molecule has 1 atom stereocenters. The van der Waals surface area contributed by atoms with Crippen LogP contribution in [-0.2, 0) is 16.1 Å². The number of amides is 2. The van der Waals surface area contributed by atoms with Gasteiger partial charge in [0.2, 0.25) is 5.91 Å². The molecule has 1 aliphatic rings. The summed E-state index contributed by atoms with van der Waals surface area (Å²) >= 11 is 12.8. The Labute approximate surface area is 206 Å². The number of ether oxygens (including phenoxy) is 1. The third-order valence-electron chi connectivity index (χ3n) is 6.20. The predicted octanol–water partition coefficient (Wildman–Crippen LogP) is 5.86. The van der Waals surface area contributed by atoms with E-state index in [0.717, 1.165) is 36.8 Å². The Hall–Kier alpha value is -2.24. The van der Waals surface area contributed by atoms with Gasteiger partial charge in [0, 0.05) is 28.2 Å².